The molecule has 0 spiro atoms. The maximum Gasteiger partial charge on any atom is 0.277 e. The molecule has 0 unspecified atom stereocenters. The summed E-state index contributed by atoms with van der Waals surface area (Å²) in [4.78, 5) is 0. The average molecular weight is 236 g/mol. The van der Waals surface area contributed by atoms with Gasteiger partial charge in [-0.05, 0) is 12.8 Å². The van der Waals surface area contributed by atoms with Crippen LogP contribution in [0, 0.1) is 5.41 Å². The van der Waals surface area contributed by atoms with Gasteiger partial charge in [-0.1, -0.05) is 20.8 Å². The molecule has 0 saturated heterocycles. The normalized spacial score (nSPS) is 12.7. The predicted molar refractivity (Wildman–Crippen MR) is 61.0 cm³/mol. The van der Waals surface area contributed by atoms with E-state index in [0.717, 1.165) is 0 Å². The summed E-state index contributed by atoms with van der Waals surface area (Å²) in [5.41, 5.74) is 4.45. The molecule has 0 rings (SSSR count). The van der Waals surface area contributed by atoms with Crippen LogP contribution < -0.4 is 15.2 Å². The van der Waals surface area contributed by atoms with Crippen LogP contribution in [0.25, 0.3) is 0 Å². The largest absolute Gasteiger partial charge is 0.386 e. The van der Waals surface area contributed by atoms with Crippen molar-refractivity contribution < 1.29 is 8.42 Å². The summed E-state index contributed by atoms with van der Waals surface area (Å²) < 4.78 is 27.7. The zero-order valence-electron chi connectivity index (χ0n) is 9.42. The Morgan fingerprint density at radius 2 is 1.80 bits per heavy atom. The molecule has 0 atom stereocenters. The molecular formula is C8H20N4O2S. The standard InChI is InChI=1S/C8H20N4O2S/c1-4-8(5-2,7(9)10)12-15(13,14)11-6-3/h11-12H,4-6H2,1-3H3,(H3,9,10). The van der Waals surface area contributed by atoms with E-state index in [1.807, 2.05) is 0 Å². The highest BCUT2D eigenvalue weighted by atomic mass is 32.2. The Morgan fingerprint density at radius 3 is 2.07 bits per heavy atom. The van der Waals surface area contributed by atoms with Gasteiger partial charge in [0.15, 0.2) is 0 Å². The van der Waals surface area contributed by atoms with E-state index in [-0.39, 0.29) is 5.84 Å². The molecule has 0 aromatic rings. The summed E-state index contributed by atoms with van der Waals surface area (Å²) >= 11 is 0. The van der Waals surface area contributed by atoms with Crippen molar-refractivity contribution in [2.45, 2.75) is 39.2 Å². The lowest BCUT2D eigenvalue weighted by Crippen LogP contribution is -2.58. The quantitative estimate of drug-likeness (QED) is 0.367. The second kappa shape index (κ2) is 5.43. The van der Waals surface area contributed by atoms with Gasteiger partial charge in [0, 0.05) is 6.54 Å². The highest BCUT2D eigenvalue weighted by Gasteiger charge is 2.34. The highest BCUT2D eigenvalue weighted by molar-refractivity contribution is 7.87. The number of amidine groups is 1. The van der Waals surface area contributed by atoms with Gasteiger partial charge < -0.3 is 5.73 Å². The van der Waals surface area contributed by atoms with Crippen LogP contribution >= 0.6 is 0 Å². The van der Waals surface area contributed by atoms with Crippen molar-refractivity contribution in [2.75, 3.05) is 6.54 Å². The van der Waals surface area contributed by atoms with Gasteiger partial charge in [-0.25, -0.2) is 4.72 Å². The molecule has 0 aromatic carbocycles. The third-order valence-corrected chi connectivity index (χ3v) is 3.71. The molecular weight excluding hydrogens is 216 g/mol. The van der Waals surface area contributed by atoms with Crippen molar-refractivity contribution in [3.8, 4) is 0 Å². The fraction of sp³-hybridized carbons (Fsp3) is 0.875. The Bertz CT molecular complexity index is 309. The van der Waals surface area contributed by atoms with Crippen molar-refractivity contribution in [3.63, 3.8) is 0 Å². The van der Waals surface area contributed by atoms with Crippen molar-refractivity contribution in [3.05, 3.63) is 0 Å². The van der Waals surface area contributed by atoms with Crippen molar-refractivity contribution in [1.82, 2.24) is 9.44 Å². The molecule has 0 aliphatic carbocycles. The number of hydrogen-bond donors (Lipinski definition) is 4. The fourth-order valence-corrected chi connectivity index (χ4v) is 2.68. The molecule has 15 heavy (non-hydrogen) atoms. The maximum atomic E-state index is 11.5. The Hall–Kier alpha value is -0.660. The molecule has 0 amide bonds. The molecule has 0 fully saturated rings. The van der Waals surface area contributed by atoms with Crippen molar-refractivity contribution in [2.24, 2.45) is 5.73 Å². The zero-order valence-corrected chi connectivity index (χ0v) is 10.2. The average Bonchev–Trinajstić information content (AvgIpc) is 2.13. The van der Waals surface area contributed by atoms with Crippen LogP contribution in [0.5, 0.6) is 0 Å². The van der Waals surface area contributed by atoms with E-state index in [9.17, 15) is 8.42 Å². The first kappa shape index (κ1) is 14.3. The number of hydrogen-bond acceptors (Lipinski definition) is 3. The van der Waals surface area contributed by atoms with E-state index in [4.69, 9.17) is 11.1 Å². The van der Waals surface area contributed by atoms with Crippen LogP contribution in [-0.4, -0.2) is 26.3 Å². The van der Waals surface area contributed by atoms with Crippen LogP contribution in [0.1, 0.15) is 33.6 Å². The van der Waals surface area contributed by atoms with Gasteiger partial charge in [0.2, 0.25) is 0 Å². The molecule has 7 heteroatoms. The van der Waals surface area contributed by atoms with Crippen LogP contribution in [0.4, 0.5) is 0 Å². The van der Waals surface area contributed by atoms with Gasteiger partial charge in [0.05, 0.1) is 5.54 Å². The Kier molecular flexibility index (Phi) is 5.19. The monoisotopic (exact) mass is 236 g/mol. The Labute approximate surface area is 91.3 Å². The molecule has 0 aliphatic heterocycles. The van der Waals surface area contributed by atoms with Crippen LogP contribution in [0.15, 0.2) is 0 Å². The topological polar surface area (TPSA) is 108 Å². The first-order chi connectivity index (χ1) is 6.83. The van der Waals surface area contributed by atoms with Gasteiger partial charge in [-0.15, -0.1) is 0 Å². The Morgan fingerprint density at radius 1 is 1.33 bits per heavy atom. The van der Waals surface area contributed by atoms with E-state index in [1.165, 1.54) is 0 Å². The number of nitrogens with two attached hydrogens (primary N) is 1. The summed E-state index contributed by atoms with van der Waals surface area (Å²) in [6.07, 6.45) is 0.896. The summed E-state index contributed by atoms with van der Waals surface area (Å²) in [5, 5.41) is 7.43. The minimum Gasteiger partial charge on any atom is -0.386 e. The molecule has 6 nitrogen and oxygen atoms in total. The third-order valence-electron chi connectivity index (χ3n) is 2.39. The minimum atomic E-state index is -3.58. The fourth-order valence-electron chi connectivity index (χ4n) is 1.31. The first-order valence-electron chi connectivity index (χ1n) is 4.96. The lowest BCUT2D eigenvalue weighted by Gasteiger charge is -2.30. The SMILES string of the molecule is CCNS(=O)(=O)NC(CC)(CC)C(=N)N. The minimum absolute atomic E-state index is 0.158. The molecule has 90 valence electrons. The van der Waals surface area contributed by atoms with Crippen LogP contribution in [0.2, 0.25) is 0 Å². The number of nitrogens with one attached hydrogen (secondary N) is 3. The van der Waals surface area contributed by atoms with Gasteiger partial charge in [-0.3, -0.25) is 5.41 Å². The van der Waals surface area contributed by atoms with Gasteiger partial charge in [0.25, 0.3) is 10.2 Å². The van der Waals surface area contributed by atoms with Gasteiger partial charge in [-0.2, -0.15) is 13.1 Å². The zero-order chi connectivity index (χ0) is 12.1. The van der Waals surface area contributed by atoms with Crippen molar-refractivity contribution in [1.29, 1.82) is 5.41 Å². The predicted octanol–water partition coefficient (Wildman–Crippen LogP) is -0.0749. The summed E-state index contributed by atoms with van der Waals surface area (Å²) in [7, 11) is -3.58. The molecule has 0 heterocycles. The molecule has 0 bridgehead atoms. The molecule has 0 radical (unpaired) electrons. The third kappa shape index (κ3) is 3.77. The van der Waals surface area contributed by atoms with Gasteiger partial charge in [0.1, 0.15) is 5.84 Å². The Balaban J connectivity index is 4.92. The van der Waals surface area contributed by atoms with E-state index in [0.29, 0.717) is 19.4 Å². The van der Waals surface area contributed by atoms with Gasteiger partial charge >= 0.3 is 0 Å². The molecule has 0 saturated carbocycles. The molecule has 0 aliphatic rings. The van der Waals surface area contributed by atoms with Crippen LogP contribution in [0.3, 0.4) is 0 Å². The molecule has 0 aromatic heterocycles. The summed E-state index contributed by atoms with van der Waals surface area (Å²) in [5.74, 6) is -0.158. The summed E-state index contributed by atoms with van der Waals surface area (Å²) in [6.45, 7) is 5.57. The number of rotatable bonds is 7. The smallest absolute Gasteiger partial charge is 0.277 e. The van der Waals surface area contributed by atoms with Crippen molar-refractivity contribution >= 4 is 16.0 Å². The maximum absolute atomic E-state index is 11.5. The van der Waals surface area contributed by atoms with E-state index in [1.54, 1.807) is 20.8 Å². The second-order valence-electron chi connectivity index (χ2n) is 3.31. The second-order valence-corrected chi connectivity index (χ2v) is 4.81. The van der Waals surface area contributed by atoms with E-state index < -0.39 is 15.7 Å². The molecule has 5 N–H and O–H groups in total. The lowest BCUT2D eigenvalue weighted by molar-refractivity contribution is 0.454. The van der Waals surface area contributed by atoms with E-state index >= 15 is 0 Å². The van der Waals surface area contributed by atoms with E-state index in [2.05, 4.69) is 9.44 Å². The van der Waals surface area contributed by atoms with Crippen LogP contribution in [-0.2, 0) is 10.2 Å². The first-order valence-corrected chi connectivity index (χ1v) is 6.45. The highest BCUT2D eigenvalue weighted by Crippen LogP contribution is 2.15. The summed E-state index contributed by atoms with van der Waals surface area (Å²) in [6, 6.07) is 0. The lowest BCUT2D eigenvalue weighted by atomic mass is 9.93.